The van der Waals surface area contributed by atoms with E-state index in [0.29, 0.717) is 51.1 Å². The Labute approximate surface area is 258 Å². The number of aryl methyl sites for hydroxylation is 1. The largest absolute Gasteiger partial charge is 0.481 e. The van der Waals surface area contributed by atoms with Crippen molar-refractivity contribution in [3.05, 3.63) is 101 Å². The Morgan fingerprint density at radius 1 is 1.02 bits per heavy atom. The standard InChI is InChI=1S/C34H28FN3O4S2/c1-20-6-11-27(12-7-20)44(41,42)38-30-13-8-23(35)19-29(30)31(28-14-15-43-33(28)36-2)32(38)21-4-3-5-24(16-21)37-25-9-10-26(37)18-22(17-25)34(39)40/h3-8,11-16,19,22,25-26H,9-10,17-18H2,1H3,(H,39,40)/t22?,25-,26+. The van der Waals surface area contributed by atoms with Gasteiger partial charge in [0, 0.05) is 39.8 Å². The molecule has 2 aliphatic heterocycles. The van der Waals surface area contributed by atoms with Crippen LogP contribution in [-0.4, -0.2) is 35.5 Å². The number of anilines is 1. The summed E-state index contributed by atoms with van der Waals surface area (Å²) in [4.78, 5) is 17.9. The van der Waals surface area contributed by atoms with E-state index < -0.39 is 21.8 Å². The minimum atomic E-state index is -4.19. The first-order valence-electron chi connectivity index (χ1n) is 14.4. The van der Waals surface area contributed by atoms with Gasteiger partial charge in [0.05, 0.1) is 28.6 Å². The van der Waals surface area contributed by atoms with Gasteiger partial charge in [0.25, 0.3) is 10.0 Å². The zero-order chi connectivity index (χ0) is 30.7. The van der Waals surface area contributed by atoms with Gasteiger partial charge in [0.15, 0.2) is 0 Å². The lowest BCUT2D eigenvalue weighted by atomic mass is 9.90. The molecule has 2 bridgehead atoms. The second-order valence-corrected chi connectivity index (χ2v) is 14.2. The maximum atomic E-state index is 14.9. The Morgan fingerprint density at radius 2 is 1.75 bits per heavy atom. The smallest absolute Gasteiger partial charge is 0.306 e. The van der Waals surface area contributed by atoms with Gasteiger partial charge in [-0.25, -0.2) is 21.6 Å². The molecule has 10 heteroatoms. The average Bonchev–Trinajstić information content (AvgIpc) is 3.68. The molecule has 0 radical (unpaired) electrons. The zero-order valence-electron chi connectivity index (χ0n) is 23.8. The van der Waals surface area contributed by atoms with Gasteiger partial charge in [-0.3, -0.25) is 4.79 Å². The van der Waals surface area contributed by atoms with Gasteiger partial charge in [-0.15, -0.1) is 0 Å². The van der Waals surface area contributed by atoms with Crippen LogP contribution in [0.3, 0.4) is 0 Å². The van der Waals surface area contributed by atoms with Gasteiger partial charge >= 0.3 is 5.97 Å². The molecule has 44 heavy (non-hydrogen) atoms. The molecule has 222 valence electrons. The summed E-state index contributed by atoms with van der Waals surface area (Å²) in [5.41, 5.74) is 4.09. The molecule has 7 rings (SSSR count). The molecule has 0 spiro atoms. The average molecular weight is 626 g/mol. The highest BCUT2D eigenvalue weighted by molar-refractivity contribution is 7.90. The van der Waals surface area contributed by atoms with Crippen molar-refractivity contribution in [2.45, 2.75) is 49.6 Å². The molecule has 3 aromatic carbocycles. The van der Waals surface area contributed by atoms with E-state index in [-0.39, 0.29) is 22.9 Å². The summed E-state index contributed by atoms with van der Waals surface area (Å²) in [6.07, 6.45) is 2.92. The molecule has 4 heterocycles. The Hall–Kier alpha value is -4.46. The van der Waals surface area contributed by atoms with Crippen molar-refractivity contribution in [3.63, 3.8) is 0 Å². The van der Waals surface area contributed by atoms with Crippen LogP contribution in [0.4, 0.5) is 15.1 Å². The minimum Gasteiger partial charge on any atom is -0.481 e. The molecule has 2 aromatic heterocycles. The maximum absolute atomic E-state index is 14.9. The van der Waals surface area contributed by atoms with Gasteiger partial charge in [-0.1, -0.05) is 35.9 Å². The number of carboxylic acid groups (broad SMARTS) is 1. The highest BCUT2D eigenvalue weighted by Gasteiger charge is 2.43. The number of piperidine rings is 1. The fourth-order valence-electron chi connectivity index (χ4n) is 7.03. The van der Waals surface area contributed by atoms with Gasteiger partial charge in [-0.2, -0.15) is 11.3 Å². The number of fused-ring (bicyclic) bond motifs is 3. The third kappa shape index (κ3) is 4.50. The summed E-state index contributed by atoms with van der Waals surface area (Å²) in [5.74, 6) is -1.65. The van der Waals surface area contributed by atoms with Crippen molar-refractivity contribution in [2.24, 2.45) is 5.92 Å². The molecule has 5 aromatic rings. The number of carbonyl (C=O) groups is 1. The lowest BCUT2D eigenvalue weighted by Gasteiger charge is -2.39. The topological polar surface area (TPSA) is 84.0 Å². The van der Waals surface area contributed by atoms with Crippen LogP contribution in [0.5, 0.6) is 0 Å². The predicted octanol–water partition coefficient (Wildman–Crippen LogP) is 8.10. The minimum absolute atomic E-state index is 0.0754. The van der Waals surface area contributed by atoms with Crippen LogP contribution in [0, 0.1) is 25.2 Å². The van der Waals surface area contributed by atoms with Crippen LogP contribution < -0.4 is 4.90 Å². The lowest BCUT2D eigenvalue weighted by Crippen LogP contribution is -2.44. The third-order valence-corrected chi connectivity index (χ3v) is 11.5. The molecule has 0 amide bonds. The lowest BCUT2D eigenvalue weighted by molar-refractivity contribution is -0.142. The summed E-state index contributed by atoms with van der Waals surface area (Å²) in [5, 5.41) is 12.3. The fourth-order valence-corrected chi connectivity index (χ4v) is 9.26. The molecular weight excluding hydrogens is 598 g/mol. The van der Waals surface area contributed by atoms with Gasteiger partial charge in [0.2, 0.25) is 5.00 Å². The van der Waals surface area contributed by atoms with E-state index in [1.165, 1.54) is 33.5 Å². The Kier molecular flexibility index (Phi) is 6.83. The highest BCUT2D eigenvalue weighted by atomic mass is 32.2. The van der Waals surface area contributed by atoms with E-state index in [1.54, 1.807) is 35.7 Å². The molecule has 3 atom stereocenters. The number of thiophene rings is 1. The van der Waals surface area contributed by atoms with E-state index in [2.05, 4.69) is 9.74 Å². The number of benzene rings is 3. The maximum Gasteiger partial charge on any atom is 0.306 e. The van der Waals surface area contributed by atoms with Crippen molar-refractivity contribution < 1.29 is 22.7 Å². The quantitative estimate of drug-likeness (QED) is 0.193. The van der Waals surface area contributed by atoms with E-state index in [1.807, 2.05) is 31.2 Å². The number of carboxylic acids is 1. The molecule has 2 aliphatic rings. The second-order valence-electron chi connectivity index (χ2n) is 11.6. The Balaban J connectivity index is 1.50. The van der Waals surface area contributed by atoms with Crippen LogP contribution in [-0.2, 0) is 14.8 Å². The van der Waals surface area contributed by atoms with Crippen molar-refractivity contribution in [3.8, 4) is 22.4 Å². The molecule has 1 unspecified atom stereocenters. The Bertz CT molecular complexity index is 2080. The molecular formula is C34H28FN3O4S2. The van der Waals surface area contributed by atoms with Crippen LogP contribution in [0.1, 0.15) is 31.2 Å². The fraction of sp³-hybridized carbons (Fsp3) is 0.235. The number of rotatable bonds is 6. The van der Waals surface area contributed by atoms with Crippen molar-refractivity contribution in [1.29, 1.82) is 0 Å². The molecule has 0 saturated carbocycles. The van der Waals surface area contributed by atoms with E-state index >= 15 is 0 Å². The van der Waals surface area contributed by atoms with Crippen LogP contribution >= 0.6 is 11.3 Å². The zero-order valence-corrected chi connectivity index (χ0v) is 25.4. The first kappa shape index (κ1) is 28.3. The number of aromatic nitrogens is 1. The number of nitrogens with zero attached hydrogens (tertiary/aromatic N) is 3. The number of aliphatic carboxylic acids is 1. The van der Waals surface area contributed by atoms with Gasteiger partial charge in [0.1, 0.15) is 5.82 Å². The first-order valence-corrected chi connectivity index (χ1v) is 16.7. The molecule has 0 aliphatic carbocycles. The molecule has 2 saturated heterocycles. The highest BCUT2D eigenvalue weighted by Crippen LogP contribution is 2.49. The second kappa shape index (κ2) is 10.6. The predicted molar refractivity (Wildman–Crippen MR) is 170 cm³/mol. The number of hydrogen-bond donors (Lipinski definition) is 1. The molecule has 7 nitrogen and oxygen atoms in total. The summed E-state index contributed by atoms with van der Waals surface area (Å²) in [6, 6.07) is 20.3. The van der Waals surface area contributed by atoms with Crippen molar-refractivity contribution in [2.75, 3.05) is 4.90 Å². The number of halogens is 1. The summed E-state index contributed by atoms with van der Waals surface area (Å²) < 4.78 is 45.2. The van der Waals surface area contributed by atoms with Gasteiger partial charge < -0.3 is 10.0 Å². The van der Waals surface area contributed by atoms with Crippen LogP contribution in [0.15, 0.2) is 83.1 Å². The van der Waals surface area contributed by atoms with Gasteiger partial charge in [-0.05, 0) is 80.5 Å². The third-order valence-electron chi connectivity index (χ3n) is 8.96. The summed E-state index contributed by atoms with van der Waals surface area (Å²) in [6.45, 7) is 9.70. The molecule has 1 N–H and O–H groups in total. The molecule has 2 fully saturated rings. The van der Waals surface area contributed by atoms with Crippen LogP contribution in [0.2, 0.25) is 0 Å². The van der Waals surface area contributed by atoms with Crippen molar-refractivity contribution in [1.82, 2.24) is 3.97 Å². The normalized spacial score (nSPS) is 19.8. The SMILES string of the molecule is [C-]#[N+]c1sccc1-c1c(-c2cccc(N3[C@@H]4CC[C@H]3CC(C(=O)O)C4)c2)n(S(=O)(=O)c2ccc(C)cc2)c2ccc(F)cc12. The number of hydrogen-bond acceptors (Lipinski definition) is 5. The summed E-state index contributed by atoms with van der Waals surface area (Å²) in [7, 11) is -4.19. The van der Waals surface area contributed by atoms with Crippen molar-refractivity contribution >= 4 is 48.9 Å². The Morgan fingerprint density at radius 3 is 2.43 bits per heavy atom. The van der Waals surface area contributed by atoms with E-state index in [4.69, 9.17) is 6.57 Å². The monoisotopic (exact) mass is 625 g/mol. The van der Waals surface area contributed by atoms with E-state index in [9.17, 15) is 22.7 Å². The van der Waals surface area contributed by atoms with Crippen LogP contribution in [0.25, 0.3) is 38.1 Å². The summed E-state index contributed by atoms with van der Waals surface area (Å²) >= 11 is 1.25. The first-order chi connectivity index (χ1) is 21.2. The van der Waals surface area contributed by atoms with E-state index in [0.717, 1.165) is 24.1 Å².